The highest BCUT2D eigenvalue weighted by Crippen LogP contribution is 2.17. The number of pyridine rings is 1. The van der Waals surface area contributed by atoms with Crippen LogP contribution in [0.25, 0.3) is 0 Å². The van der Waals surface area contributed by atoms with Crippen LogP contribution in [0.2, 0.25) is 0 Å². The Morgan fingerprint density at radius 1 is 1.27 bits per heavy atom. The van der Waals surface area contributed by atoms with Crippen molar-refractivity contribution in [3.8, 4) is 0 Å². The first-order valence-electron chi connectivity index (χ1n) is 6.91. The lowest BCUT2D eigenvalue weighted by atomic mass is 10.2. The molecule has 0 unspecified atom stereocenters. The van der Waals surface area contributed by atoms with E-state index in [-0.39, 0.29) is 5.91 Å². The van der Waals surface area contributed by atoms with Crippen molar-refractivity contribution in [3.05, 3.63) is 54.4 Å². The zero-order chi connectivity index (χ0) is 16.0. The van der Waals surface area contributed by atoms with Gasteiger partial charge in [0.05, 0.1) is 9.73 Å². The normalized spacial score (nSPS) is 13.2. The van der Waals surface area contributed by atoms with E-state index in [1.807, 2.05) is 18.2 Å². The number of hydrogen-bond acceptors (Lipinski definition) is 4. The summed E-state index contributed by atoms with van der Waals surface area (Å²) in [4.78, 5) is 16.8. The summed E-state index contributed by atoms with van der Waals surface area (Å²) in [5.41, 5.74) is 1.51. The number of aromatic nitrogens is 1. The zero-order valence-electron chi connectivity index (χ0n) is 12.7. The molecule has 1 amide bonds. The molecular formula is C16H19N3O2S. The van der Waals surface area contributed by atoms with E-state index in [0.717, 1.165) is 5.69 Å². The van der Waals surface area contributed by atoms with Crippen LogP contribution in [0, 0.1) is 0 Å². The van der Waals surface area contributed by atoms with Gasteiger partial charge in [0.2, 0.25) is 5.91 Å². The molecule has 0 aliphatic rings. The molecule has 1 aromatic heterocycles. The minimum atomic E-state index is -2.40. The second-order valence-corrected chi connectivity index (χ2v) is 7.32. The van der Waals surface area contributed by atoms with E-state index in [4.69, 9.17) is 0 Å². The van der Waals surface area contributed by atoms with E-state index >= 15 is 0 Å². The van der Waals surface area contributed by atoms with Crippen LogP contribution < -0.4 is 5.32 Å². The van der Waals surface area contributed by atoms with Gasteiger partial charge >= 0.3 is 0 Å². The summed E-state index contributed by atoms with van der Waals surface area (Å²) in [6.07, 6.45) is 4.22. The molecule has 0 bridgehead atoms. The minimum absolute atomic E-state index is 0.0983. The Labute approximate surface area is 131 Å². The van der Waals surface area contributed by atoms with Gasteiger partial charge in [-0.25, -0.2) is 8.57 Å². The van der Waals surface area contributed by atoms with Gasteiger partial charge in [-0.05, 0) is 36.8 Å². The standard InChI is InChI=1S/C16H19N3O2S/c1-17-22(2,21)15-8-5-7-14(12-15)19-16(20)10-9-13-6-3-4-11-18-13/h3-8,11-12H,9-10H2,1-2H3,(H,19,20)/t22-/m1/s1. The molecule has 22 heavy (non-hydrogen) atoms. The van der Waals surface area contributed by atoms with Crippen LogP contribution in [0.3, 0.4) is 0 Å². The first-order valence-corrected chi connectivity index (χ1v) is 8.84. The summed E-state index contributed by atoms with van der Waals surface area (Å²) in [5.74, 6) is -0.0983. The van der Waals surface area contributed by atoms with Gasteiger partial charge < -0.3 is 5.32 Å². The highest BCUT2D eigenvalue weighted by Gasteiger charge is 2.08. The maximum Gasteiger partial charge on any atom is 0.224 e. The Hall–Kier alpha value is -2.21. The number of carbonyl (C=O) groups is 1. The molecule has 0 aliphatic carbocycles. The Morgan fingerprint density at radius 2 is 2.09 bits per heavy atom. The van der Waals surface area contributed by atoms with Gasteiger partial charge in [-0.1, -0.05) is 12.1 Å². The van der Waals surface area contributed by atoms with E-state index in [9.17, 15) is 9.00 Å². The van der Waals surface area contributed by atoms with Crippen molar-refractivity contribution in [2.24, 2.45) is 4.36 Å². The second kappa shape index (κ2) is 7.17. The van der Waals surface area contributed by atoms with Crippen molar-refractivity contribution < 1.29 is 9.00 Å². The number of aryl methyl sites for hydroxylation is 1. The third-order valence-corrected chi connectivity index (χ3v) is 5.06. The molecular weight excluding hydrogens is 298 g/mol. The smallest absolute Gasteiger partial charge is 0.224 e. The van der Waals surface area contributed by atoms with Gasteiger partial charge in [-0.2, -0.15) is 0 Å². The third kappa shape index (κ3) is 4.39. The average molecular weight is 317 g/mol. The van der Waals surface area contributed by atoms with Crippen molar-refractivity contribution >= 4 is 21.3 Å². The van der Waals surface area contributed by atoms with Gasteiger partial charge in [-0.3, -0.25) is 9.78 Å². The average Bonchev–Trinajstić information content (AvgIpc) is 2.54. The van der Waals surface area contributed by atoms with Crippen LogP contribution in [0.5, 0.6) is 0 Å². The van der Waals surface area contributed by atoms with E-state index < -0.39 is 9.73 Å². The predicted octanol–water partition coefficient (Wildman–Crippen LogP) is 2.74. The van der Waals surface area contributed by atoms with Crippen LogP contribution in [0.4, 0.5) is 5.69 Å². The molecule has 0 saturated heterocycles. The summed E-state index contributed by atoms with van der Waals surface area (Å²) in [7, 11) is -0.870. The van der Waals surface area contributed by atoms with Gasteiger partial charge in [0.1, 0.15) is 0 Å². The highest BCUT2D eigenvalue weighted by molar-refractivity contribution is 7.93. The van der Waals surface area contributed by atoms with Crippen LogP contribution in [-0.2, 0) is 20.9 Å². The van der Waals surface area contributed by atoms with Crippen molar-refractivity contribution in [1.29, 1.82) is 0 Å². The number of carbonyl (C=O) groups excluding carboxylic acids is 1. The maximum atomic E-state index is 12.2. The molecule has 1 aromatic carbocycles. The van der Waals surface area contributed by atoms with Crippen LogP contribution >= 0.6 is 0 Å². The van der Waals surface area contributed by atoms with Crippen molar-refractivity contribution in [3.63, 3.8) is 0 Å². The molecule has 0 saturated carbocycles. The van der Waals surface area contributed by atoms with Gasteiger partial charge in [0, 0.05) is 42.2 Å². The molecule has 2 rings (SSSR count). The lowest BCUT2D eigenvalue weighted by Crippen LogP contribution is -2.13. The topological polar surface area (TPSA) is 71.4 Å². The van der Waals surface area contributed by atoms with Gasteiger partial charge in [0.15, 0.2) is 0 Å². The monoisotopic (exact) mass is 317 g/mol. The van der Waals surface area contributed by atoms with Crippen molar-refractivity contribution in [2.45, 2.75) is 17.7 Å². The Morgan fingerprint density at radius 3 is 2.77 bits per heavy atom. The molecule has 0 fully saturated rings. The molecule has 1 N–H and O–H groups in total. The van der Waals surface area contributed by atoms with Crippen molar-refractivity contribution in [1.82, 2.24) is 4.98 Å². The number of amides is 1. The third-order valence-electron chi connectivity index (χ3n) is 3.24. The van der Waals surface area contributed by atoms with Gasteiger partial charge in [0.25, 0.3) is 0 Å². The fraction of sp³-hybridized carbons (Fsp3) is 0.250. The van der Waals surface area contributed by atoms with Crippen LogP contribution in [0.1, 0.15) is 12.1 Å². The van der Waals surface area contributed by atoms with E-state index in [1.54, 1.807) is 36.7 Å². The first kappa shape index (κ1) is 16.2. The molecule has 0 spiro atoms. The Bertz CT molecular complexity index is 766. The molecule has 2 aromatic rings. The second-order valence-electron chi connectivity index (χ2n) is 4.88. The SMILES string of the molecule is CN=[S@](C)(=O)c1cccc(NC(=O)CCc2ccccn2)c1. The van der Waals surface area contributed by atoms with E-state index in [1.165, 1.54) is 7.05 Å². The minimum Gasteiger partial charge on any atom is -0.326 e. The summed E-state index contributed by atoms with van der Waals surface area (Å²) in [6.45, 7) is 0. The predicted molar refractivity (Wildman–Crippen MR) is 88.3 cm³/mol. The lowest BCUT2D eigenvalue weighted by molar-refractivity contribution is -0.116. The molecule has 1 heterocycles. The zero-order valence-corrected chi connectivity index (χ0v) is 13.5. The highest BCUT2D eigenvalue weighted by atomic mass is 32.2. The van der Waals surface area contributed by atoms with E-state index in [0.29, 0.717) is 23.4 Å². The molecule has 5 nitrogen and oxygen atoms in total. The van der Waals surface area contributed by atoms with Crippen LogP contribution in [0.15, 0.2) is 57.9 Å². The van der Waals surface area contributed by atoms with Crippen molar-refractivity contribution in [2.75, 3.05) is 18.6 Å². The number of hydrogen-bond donors (Lipinski definition) is 1. The van der Waals surface area contributed by atoms with Crippen LogP contribution in [-0.4, -0.2) is 28.4 Å². The van der Waals surface area contributed by atoms with Gasteiger partial charge in [-0.15, -0.1) is 0 Å². The lowest BCUT2D eigenvalue weighted by Gasteiger charge is -2.08. The molecule has 0 aliphatic heterocycles. The summed E-state index contributed by atoms with van der Waals surface area (Å²) < 4.78 is 16.1. The van der Waals surface area contributed by atoms with E-state index in [2.05, 4.69) is 14.7 Å². The summed E-state index contributed by atoms with van der Waals surface area (Å²) in [5, 5.41) is 2.81. The molecule has 116 valence electrons. The maximum absolute atomic E-state index is 12.2. The Balaban J connectivity index is 2.00. The molecule has 6 heteroatoms. The summed E-state index contributed by atoms with van der Waals surface area (Å²) >= 11 is 0. The quantitative estimate of drug-likeness (QED) is 0.921. The summed E-state index contributed by atoms with van der Waals surface area (Å²) in [6, 6.07) is 12.6. The Kier molecular flexibility index (Phi) is 5.27. The number of anilines is 1. The largest absolute Gasteiger partial charge is 0.326 e. The number of rotatable bonds is 5. The fourth-order valence-corrected chi connectivity index (χ4v) is 2.81. The molecule has 1 atom stereocenters. The number of benzene rings is 1. The number of nitrogens with zero attached hydrogens (tertiary/aromatic N) is 2. The number of nitrogens with one attached hydrogen (secondary N) is 1. The first-order chi connectivity index (χ1) is 10.5. The molecule has 0 radical (unpaired) electrons. The fourth-order valence-electron chi connectivity index (χ4n) is 1.93.